The molecule has 0 spiro atoms. The standard InChI is InChI=1S/C16H13ClN2O3S2/c1-2-24(21,22)14-6-4-3-5-11(14)15(20)19-16-18-12-8-7-10(17)9-13(12)23-16/h3-9H,2H2,1H3,(H,18,19,20). The number of nitrogens with one attached hydrogen (secondary N) is 1. The number of halogens is 1. The van der Waals surface area contributed by atoms with Crippen LogP contribution in [0.4, 0.5) is 5.13 Å². The molecular formula is C16H13ClN2O3S2. The molecular weight excluding hydrogens is 368 g/mol. The number of carbonyl (C=O) groups is 1. The second-order valence-corrected chi connectivity index (χ2v) is 8.70. The normalized spacial score (nSPS) is 11.6. The summed E-state index contributed by atoms with van der Waals surface area (Å²) in [6, 6.07) is 11.4. The van der Waals surface area contributed by atoms with Gasteiger partial charge in [-0.05, 0) is 30.3 Å². The van der Waals surface area contributed by atoms with Gasteiger partial charge in [-0.15, -0.1) is 0 Å². The van der Waals surface area contributed by atoms with Crippen LogP contribution in [-0.4, -0.2) is 25.1 Å². The first-order valence-corrected chi connectivity index (χ1v) is 9.94. The number of hydrogen-bond donors (Lipinski definition) is 1. The lowest BCUT2D eigenvalue weighted by molar-refractivity contribution is 0.102. The minimum absolute atomic E-state index is 0.0224. The van der Waals surface area contributed by atoms with Gasteiger partial charge >= 0.3 is 0 Å². The lowest BCUT2D eigenvalue weighted by atomic mass is 10.2. The predicted octanol–water partition coefficient (Wildman–Crippen LogP) is 4.00. The number of aromatic nitrogens is 1. The fourth-order valence-electron chi connectivity index (χ4n) is 2.20. The summed E-state index contributed by atoms with van der Waals surface area (Å²) in [5, 5.41) is 3.64. The van der Waals surface area contributed by atoms with E-state index in [-0.39, 0.29) is 16.2 Å². The van der Waals surface area contributed by atoms with Gasteiger partial charge in [0.25, 0.3) is 5.91 Å². The van der Waals surface area contributed by atoms with Crippen molar-refractivity contribution in [1.82, 2.24) is 4.98 Å². The van der Waals surface area contributed by atoms with Crippen LogP contribution in [0.2, 0.25) is 5.02 Å². The predicted molar refractivity (Wildman–Crippen MR) is 96.8 cm³/mol. The first-order valence-electron chi connectivity index (χ1n) is 7.10. The average Bonchev–Trinajstić information content (AvgIpc) is 2.96. The molecule has 1 N–H and O–H groups in total. The highest BCUT2D eigenvalue weighted by molar-refractivity contribution is 7.91. The molecule has 0 saturated carbocycles. The lowest BCUT2D eigenvalue weighted by Gasteiger charge is -2.08. The Morgan fingerprint density at radius 1 is 1.25 bits per heavy atom. The molecule has 3 aromatic rings. The number of rotatable bonds is 4. The summed E-state index contributed by atoms with van der Waals surface area (Å²) in [5.41, 5.74) is 0.825. The third-order valence-electron chi connectivity index (χ3n) is 3.42. The van der Waals surface area contributed by atoms with E-state index >= 15 is 0 Å². The number of sulfone groups is 1. The molecule has 24 heavy (non-hydrogen) atoms. The highest BCUT2D eigenvalue weighted by Gasteiger charge is 2.21. The zero-order valence-electron chi connectivity index (χ0n) is 12.6. The van der Waals surface area contributed by atoms with E-state index in [4.69, 9.17) is 11.6 Å². The summed E-state index contributed by atoms with van der Waals surface area (Å²) in [4.78, 5) is 16.8. The molecule has 0 aliphatic heterocycles. The first-order chi connectivity index (χ1) is 11.4. The Morgan fingerprint density at radius 2 is 2.00 bits per heavy atom. The van der Waals surface area contributed by atoms with E-state index in [1.54, 1.807) is 37.3 Å². The number of benzene rings is 2. The fourth-order valence-corrected chi connectivity index (χ4v) is 4.43. The number of anilines is 1. The number of carbonyl (C=O) groups excluding carboxylic acids is 1. The van der Waals surface area contributed by atoms with Gasteiger partial charge in [0.1, 0.15) is 0 Å². The van der Waals surface area contributed by atoms with Gasteiger partial charge in [0.05, 0.1) is 26.4 Å². The molecule has 8 heteroatoms. The van der Waals surface area contributed by atoms with Crippen LogP contribution < -0.4 is 5.32 Å². The summed E-state index contributed by atoms with van der Waals surface area (Å²) in [7, 11) is -3.49. The molecule has 1 heterocycles. The Morgan fingerprint density at radius 3 is 2.75 bits per heavy atom. The zero-order valence-corrected chi connectivity index (χ0v) is 15.0. The van der Waals surface area contributed by atoms with Crippen molar-refractivity contribution in [3.05, 3.63) is 53.1 Å². The molecule has 0 radical (unpaired) electrons. The molecule has 1 aromatic heterocycles. The molecule has 5 nitrogen and oxygen atoms in total. The maximum Gasteiger partial charge on any atom is 0.258 e. The van der Waals surface area contributed by atoms with Crippen molar-refractivity contribution in [2.24, 2.45) is 0 Å². The molecule has 0 saturated heterocycles. The molecule has 0 fully saturated rings. The molecule has 0 atom stereocenters. The molecule has 0 aliphatic rings. The van der Waals surface area contributed by atoms with Crippen molar-refractivity contribution in [1.29, 1.82) is 0 Å². The summed E-state index contributed by atoms with van der Waals surface area (Å²) >= 11 is 7.22. The van der Waals surface area contributed by atoms with Gasteiger partial charge in [-0.1, -0.05) is 42.0 Å². The second-order valence-electron chi connectivity index (χ2n) is 4.98. The van der Waals surface area contributed by atoms with Gasteiger partial charge in [-0.25, -0.2) is 13.4 Å². The van der Waals surface area contributed by atoms with E-state index in [9.17, 15) is 13.2 Å². The molecule has 2 aromatic carbocycles. The van der Waals surface area contributed by atoms with E-state index in [0.717, 1.165) is 4.70 Å². The van der Waals surface area contributed by atoms with Gasteiger partial charge in [-0.2, -0.15) is 0 Å². The average molecular weight is 381 g/mol. The molecule has 124 valence electrons. The van der Waals surface area contributed by atoms with Crippen molar-refractivity contribution < 1.29 is 13.2 Å². The Kier molecular flexibility index (Phi) is 4.58. The molecule has 3 rings (SSSR count). The number of thiazole rings is 1. The van der Waals surface area contributed by atoms with E-state index in [2.05, 4.69) is 10.3 Å². The van der Waals surface area contributed by atoms with Crippen LogP contribution in [0, 0.1) is 0 Å². The van der Waals surface area contributed by atoms with Gasteiger partial charge in [0.2, 0.25) is 0 Å². The Balaban J connectivity index is 1.95. The van der Waals surface area contributed by atoms with Gasteiger partial charge in [0, 0.05) is 5.02 Å². The second kappa shape index (κ2) is 6.51. The minimum atomic E-state index is -3.49. The zero-order chi connectivity index (χ0) is 17.3. The molecule has 0 bridgehead atoms. The van der Waals surface area contributed by atoms with Crippen LogP contribution in [0.25, 0.3) is 10.2 Å². The summed E-state index contributed by atoms with van der Waals surface area (Å²) in [6.07, 6.45) is 0. The maximum atomic E-state index is 12.5. The molecule has 0 aliphatic carbocycles. The van der Waals surface area contributed by atoms with E-state index in [0.29, 0.717) is 15.7 Å². The van der Waals surface area contributed by atoms with E-state index in [1.807, 2.05) is 0 Å². The Bertz CT molecular complexity index is 1030. The van der Waals surface area contributed by atoms with Crippen molar-refractivity contribution in [3.8, 4) is 0 Å². The Labute approximate surface area is 148 Å². The van der Waals surface area contributed by atoms with Crippen LogP contribution >= 0.6 is 22.9 Å². The van der Waals surface area contributed by atoms with Gasteiger partial charge < -0.3 is 0 Å². The van der Waals surface area contributed by atoms with E-state index in [1.165, 1.54) is 23.5 Å². The SMILES string of the molecule is CCS(=O)(=O)c1ccccc1C(=O)Nc1nc2ccc(Cl)cc2s1. The molecule has 1 amide bonds. The van der Waals surface area contributed by atoms with Crippen LogP contribution in [0.15, 0.2) is 47.4 Å². The smallest absolute Gasteiger partial charge is 0.258 e. The van der Waals surface area contributed by atoms with Crippen molar-refractivity contribution in [2.45, 2.75) is 11.8 Å². The number of hydrogen-bond acceptors (Lipinski definition) is 5. The van der Waals surface area contributed by atoms with Gasteiger partial charge in [-0.3, -0.25) is 10.1 Å². The topological polar surface area (TPSA) is 76.1 Å². The summed E-state index contributed by atoms with van der Waals surface area (Å²) in [5.74, 6) is -0.579. The number of nitrogens with zero attached hydrogens (tertiary/aromatic N) is 1. The van der Waals surface area contributed by atoms with Crippen LogP contribution in [0.1, 0.15) is 17.3 Å². The summed E-state index contributed by atoms with van der Waals surface area (Å²) in [6.45, 7) is 1.54. The van der Waals surface area contributed by atoms with Crippen molar-refractivity contribution in [2.75, 3.05) is 11.1 Å². The Hall–Kier alpha value is -1.96. The van der Waals surface area contributed by atoms with Gasteiger partial charge in [0.15, 0.2) is 15.0 Å². The highest BCUT2D eigenvalue weighted by Crippen LogP contribution is 2.29. The largest absolute Gasteiger partial charge is 0.298 e. The third-order valence-corrected chi connectivity index (χ3v) is 6.37. The lowest BCUT2D eigenvalue weighted by Crippen LogP contribution is -2.17. The quantitative estimate of drug-likeness (QED) is 0.742. The third kappa shape index (κ3) is 3.28. The highest BCUT2D eigenvalue weighted by atomic mass is 35.5. The number of amides is 1. The van der Waals surface area contributed by atoms with Crippen molar-refractivity contribution in [3.63, 3.8) is 0 Å². The van der Waals surface area contributed by atoms with Crippen molar-refractivity contribution >= 4 is 54.0 Å². The van der Waals surface area contributed by atoms with E-state index < -0.39 is 15.7 Å². The summed E-state index contributed by atoms with van der Waals surface area (Å²) < 4.78 is 25.1. The van der Waals surface area contributed by atoms with Crippen LogP contribution in [0.5, 0.6) is 0 Å². The minimum Gasteiger partial charge on any atom is -0.298 e. The molecule has 0 unspecified atom stereocenters. The first kappa shape index (κ1) is 16.9. The maximum absolute atomic E-state index is 12.5. The van der Waals surface area contributed by atoms with Crippen LogP contribution in [-0.2, 0) is 9.84 Å². The monoisotopic (exact) mass is 380 g/mol. The van der Waals surface area contributed by atoms with Crippen LogP contribution in [0.3, 0.4) is 0 Å². The fraction of sp³-hybridized carbons (Fsp3) is 0.125. The number of fused-ring (bicyclic) bond motifs is 1.